The molecule has 1 aliphatic carbocycles. The minimum absolute atomic E-state index is 0.568. The highest BCUT2D eigenvalue weighted by Gasteiger charge is 2.48. The second-order valence-corrected chi connectivity index (χ2v) is 23.7. The van der Waals surface area contributed by atoms with Crippen molar-refractivity contribution in [1.29, 1.82) is 0 Å². The molecule has 3 aromatic heterocycles. The number of rotatable bonds is 10. The van der Waals surface area contributed by atoms with Crippen molar-refractivity contribution in [3.8, 4) is 95.5 Å². The summed E-state index contributed by atoms with van der Waals surface area (Å²) in [4.78, 5) is 16.0. The van der Waals surface area contributed by atoms with Crippen LogP contribution in [0.2, 0.25) is 0 Å². The lowest BCUT2D eigenvalue weighted by molar-refractivity contribution is 0.762. The average molecular weight is 1130 g/mol. The van der Waals surface area contributed by atoms with E-state index >= 15 is 0 Å². The molecule has 13 aromatic carbocycles. The fourth-order valence-electron chi connectivity index (χ4n) is 13.8. The van der Waals surface area contributed by atoms with E-state index in [0.29, 0.717) is 17.5 Å². The summed E-state index contributed by atoms with van der Waals surface area (Å²) in [5, 5.41) is 4.71. The number of para-hydroxylation sites is 1. The summed E-state index contributed by atoms with van der Waals surface area (Å²) in [5.41, 5.74) is 22.5. The SMILES string of the molecule is c1ccc(-c2cc(-c3ccccc3)cc(-c3cccc(-c4nc(-c5ccccc5)nc(-c5cccc6sc7ccc(-c8ccc9c(c8)c8ccccc8n9-c8cccc9c8C(c8ccccc8)(c8ccccc8)c8ccccc8-9)cc7c56)n4)c3)c2)cc1. The Morgan fingerprint density at radius 3 is 1.45 bits per heavy atom. The Bertz CT molecular complexity index is 5230. The van der Waals surface area contributed by atoms with E-state index in [-0.39, 0.29) is 0 Å². The molecule has 5 heteroatoms. The first-order valence-electron chi connectivity index (χ1n) is 29.6. The monoisotopic (exact) mass is 1120 g/mol. The molecule has 3 heterocycles. The summed E-state index contributed by atoms with van der Waals surface area (Å²) in [6.45, 7) is 0. The normalized spacial score (nSPS) is 12.5. The van der Waals surface area contributed by atoms with Crippen LogP contribution in [0.15, 0.2) is 315 Å². The Kier molecular flexibility index (Phi) is 11.9. The minimum Gasteiger partial charge on any atom is -0.309 e. The van der Waals surface area contributed by atoms with Crippen molar-refractivity contribution in [2.24, 2.45) is 0 Å². The summed E-state index contributed by atoms with van der Waals surface area (Å²) in [6, 6.07) is 115. The van der Waals surface area contributed by atoms with Gasteiger partial charge in [-0.3, -0.25) is 0 Å². The third-order valence-corrected chi connectivity index (χ3v) is 18.8. The molecule has 0 N–H and O–H groups in total. The van der Waals surface area contributed by atoms with Crippen molar-refractivity contribution >= 4 is 53.3 Å². The maximum Gasteiger partial charge on any atom is 0.164 e. The molecule has 17 rings (SSSR count). The topological polar surface area (TPSA) is 43.6 Å². The van der Waals surface area contributed by atoms with Crippen LogP contribution in [-0.4, -0.2) is 19.5 Å². The van der Waals surface area contributed by atoms with E-state index < -0.39 is 5.41 Å². The Labute approximate surface area is 508 Å². The first kappa shape index (κ1) is 50.4. The molecule has 0 atom stereocenters. The van der Waals surface area contributed by atoms with Gasteiger partial charge in [-0.05, 0) is 139 Å². The summed E-state index contributed by atoms with van der Waals surface area (Å²) in [6.07, 6.45) is 0. The van der Waals surface area contributed by atoms with Crippen molar-refractivity contribution in [2.45, 2.75) is 5.41 Å². The molecular formula is C82H52N4S. The number of thiophene rings is 1. The van der Waals surface area contributed by atoms with Gasteiger partial charge in [0.2, 0.25) is 0 Å². The number of hydrogen-bond acceptors (Lipinski definition) is 4. The second kappa shape index (κ2) is 20.6. The van der Waals surface area contributed by atoms with Crippen LogP contribution in [0.25, 0.3) is 137 Å². The number of fused-ring (bicyclic) bond motifs is 9. The predicted molar refractivity (Wildman–Crippen MR) is 362 cm³/mol. The van der Waals surface area contributed by atoms with Crippen LogP contribution < -0.4 is 0 Å². The number of benzene rings is 13. The lowest BCUT2D eigenvalue weighted by Crippen LogP contribution is -2.29. The molecular weight excluding hydrogens is 1070 g/mol. The van der Waals surface area contributed by atoms with Crippen LogP contribution in [-0.2, 0) is 5.41 Å². The summed E-state index contributed by atoms with van der Waals surface area (Å²) < 4.78 is 4.90. The molecule has 0 bridgehead atoms. The van der Waals surface area contributed by atoms with Gasteiger partial charge in [-0.15, -0.1) is 11.3 Å². The quantitative estimate of drug-likeness (QED) is 0.137. The number of hydrogen-bond donors (Lipinski definition) is 0. The van der Waals surface area contributed by atoms with E-state index in [1.807, 2.05) is 18.2 Å². The zero-order valence-corrected chi connectivity index (χ0v) is 48.0. The van der Waals surface area contributed by atoms with E-state index in [2.05, 4.69) is 302 Å². The number of aromatic nitrogens is 4. The van der Waals surface area contributed by atoms with Gasteiger partial charge in [0.05, 0.1) is 22.1 Å². The first-order valence-corrected chi connectivity index (χ1v) is 30.5. The van der Waals surface area contributed by atoms with Crippen molar-refractivity contribution < 1.29 is 0 Å². The van der Waals surface area contributed by atoms with Gasteiger partial charge in [-0.1, -0.05) is 249 Å². The highest BCUT2D eigenvalue weighted by atomic mass is 32.1. The van der Waals surface area contributed by atoms with Gasteiger partial charge < -0.3 is 4.57 Å². The third kappa shape index (κ3) is 8.30. The molecule has 1 aliphatic rings. The van der Waals surface area contributed by atoms with Crippen molar-refractivity contribution in [3.63, 3.8) is 0 Å². The van der Waals surface area contributed by atoms with Crippen LogP contribution in [0.4, 0.5) is 0 Å². The Morgan fingerprint density at radius 1 is 0.276 bits per heavy atom. The Hall–Kier alpha value is -11.1. The Balaban J connectivity index is 0.805. The zero-order chi connectivity index (χ0) is 57.4. The maximum atomic E-state index is 5.43. The molecule has 4 nitrogen and oxygen atoms in total. The fraction of sp³-hybridized carbons (Fsp3) is 0.0122. The van der Waals surface area contributed by atoms with Gasteiger partial charge >= 0.3 is 0 Å². The van der Waals surface area contributed by atoms with Crippen LogP contribution in [0.3, 0.4) is 0 Å². The molecule has 0 saturated carbocycles. The summed E-state index contributed by atoms with van der Waals surface area (Å²) in [5.74, 6) is 1.87. The molecule has 406 valence electrons. The Morgan fingerprint density at radius 2 is 0.747 bits per heavy atom. The van der Waals surface area contributed by atoms with Gasteiger partial charge in [0, 0.05) is 53.2 Å². The maximum absolute atomic E-state index is 5.43. The van der Waals surface area contributed by atoms with Gasteiger partial charge in [0.1, 0.15) is 0 Å². The summed E-state index contributed by atoms with van der Waals surface area (Å²) >= 11 is 1.81. The van der Waals surface area contributed by atoms with Gasteiger partial charge in [0.15, 0.2) is 17.5 Å². The molecule has 0 radical (unpaired) electrons. The highest BCUT2D eigenvalue weighted by Crippen LogP contribution is 2.58. The van der Waals surface area contributed by atoms with E-state index in [4.69, 9.17) is 15.0 Å². The smallest absolute Gasteiger partial charge is 0.164 e. The lowest BCUT2D eigenvalue weighted by atomic mass is 9.67. The van der Waals surface area contributed by atoms with Gasteiger partial charge in [-0.25, -0.2) is 15.0 Å². The first-order chi connectivity index (χ1) is 43.1. The molecule has 0 unspecified atom stereocenters. The van der Waals surface area contributed by atoms with E-state index in [1.165, 1.54) is 81.3 Å². The van der Waals surface area contributed by atoms with Crippen molar-refractivity contribution in [2.75, 3.05) is 0 Å². The van der Waals surface area contributed by atoms with E-state index in [9.17, 15) is 0 Å². The number of nitrogens with zero attached hydrogens (tertiary/aromatic N) is 4. The third-order valence-electron chi connectivity index (χ3n) is 17.7. The highest BCUT2D eigenvalue weighted by molar-refractivity contribution is 7.26. The average Bonchev–Trinajstić information content (AvgIpc) is 1.56. The van der Waals surface area contributed by atoms with Gasteiger partial charge in [0.25, 0.3) is 0 Å². The van der Waals surface area contributed by atoms with Crippen LogP contribution in [0, 0.1) is 0 Å². The molecule has 0 spiro atoms. The molecule has 0 fully saturated rings. The van der Waals surface area contributed by atoms with Gasteiger partial charge in [-0.2, -0.15) is 0 Å². The van der Waals surface area contributed by atoms with Crippen LogP contribution >= 0.6 is 11.3 Å². The largest absolute Gasteiger partial charge is 0.309 e. The zero-order valence-electron chi connectivity index (χ0n) is 47.2. The summed E-state index contributed by atoms with van der Waals surface area (Å²) in [7, 11) is 0. The molecule has 0 amide bonds. The standard InChI is InChI=1S/C82H52N4S/c1-6-23-53(24-7-1)60-48-61(54-25-8-2-9-26-54)50-62(49-60)56-29-20-30-59(47-56)80-83-79(55-27-10-3-11-28-55)84-81(85-80)68-38-22-42-76-77(68)70-52-58(44-46-75(70)87-76)57-43-45-73-69(51-57)66-36-17-19-40-72(66)86(73)74-41-21-37-67-65-35-16-18-39-71(65)82(78(67)74,63-31-12-4-13-32-63)64-33-14-5-15-34-64/h1-52H. The van der Waals surface area contributed by atoms with Crippen molar-refractivity contribution in [3.05, 3.63) is 338 Å². The van der Waals surface area contributed by atoms with E-state index in [0.717, 1.165) is 61.0 Å². The molecule has 16 aromatic rings. The minimum atomic E-state index is -0.568. The fourth-order valence-corrected chi connectivity index (χ4v) is 15.0. The van der Waals surface area contributed by atoms with Crippen LogP contribution in [0.1, 0.15) is 22.3 Å². The van der Waals surface area contributed by atoms with Crippen LogP contribution in [0.5, 0.6) is 0 Å². The molecule has 87 heavy (non-hydrogen) atoms. The predicted octanol–water partition coefficient (Wildman–Crippen LogP) is 21.4. The van der Waals surface area contributed by atoms with Crippen molar-refractivity contribution in [1.82, 2.24) is 19.5 Å². The lowest BCUT2D eigenvalue weighted by Gasteiger charge is -2.35. The van der Waals surface area contributed by atoms with E-state index in [1.54, 1.807) is 11.3 Å². The molecule has 0 saturated heterocycles. The second-order valence-electron chi connectivity index (χ2n) is 22.6. The molecule has 0 aliphatic heterocycles.